The van der Waals surface area contributed by atoms with Crippen molar-refractivity contribution >= 4 is 0 Å². The molecule has 0 saturated heterocycles. The van der Waals surface area contributed by atoms with Crippen LogP contribution in [0.15, 0.2) is 54.8 Å². The van der Waals surface area contributed by atoms with Gasteiger partial charge in [0.25, 0.3) is 0 Å². The number of benzene rings is 1. The fraction of sp³-hybridized carbons (Fsp3) is 0.500. The lowest BCUT2D eigenvalue weighted by atomic mass is 9.90. The molecule has 1 aliphatic carbocycles. The molecule has 0 radical (unpaired) electrons. The molecule has 2 aliphatic rings. The average Bonchev–Trinajstić information content (AvgIpc) is 2.61. The number of hydrogen-bond acceptors (Lipinski definition) is 2. The zero-order valence-corrected chi connectivity index (χ0v) is 13.2. The van der Waals surface area contributed by atoms with Crippen LogP contribution in [-0.2, 0) is 9.47 Å². The van der Waals surface area contributed by atoms with E-state index in [1.54, 1.807) is 0 Å². The molecular weight excluding hydrogens is 272 g/mol. The Labute approximate surface area is 133 Å². The second kappa shape index (κ2) is 7.64. The van der Waals surface area contributed by atoms with Crippen LogP contribution in [0.5, 0.6) is 0 Å². The number of rotatable bonds is 5. The van der Waals surface area contributed by atoms with Crippen molar-refractivity contribution in [3.63, 3.8) is 0 Å². The summed E-state index contributed by atoms with van der Waals surface area (Å²) in [4.78, 5) is 0. The van der Waals surface area contributed by atoms with Gasteiger partial charge in [-0.15, -0.1) is 6.58 Å². The van der Waals surface area contributed by atoms with E-state index in [4.69, 9.17) is 9.47 Å². The summed E-state index contributed by atoms with van der Waals surface area (Å²) in [5.74, 6) is 1.80. The zero-order valence-electron chi connectivity index (χ0n) is 13.2. The first kappa shape index (κ1) is 15.4. The standard InChI is InChI=1S/C20H26O2/c1-2-18-13-19(21-15-16-9-5-3-6-10-16)14-20(22-18)17-11-7-4-8-12-17/h2,4,7-8,11-13,16,18,20H,1,3,5-6,9-10,14-15H2/t18-,20+/m1/s1. The Bertz CT molecular complexity index is 500. The van der Waals surface area contributed by atoms with Crippen LogP contribution in [0.2, 0.25) is 0 Å². The van der Waals surface area contributed by atoms with Gasteiger partial charge in [-0.2, -0.15) is 0 Å². The van der Waals surface area contributed by atoms with Crippen LogP contribution in [0.1, 0.15) is 50.2 Å². The lowest BCUT2D eigenvalue weighted by molar-refractivity contribution is 0.00150. The van der Waals surface area contributed by atoms with E-state index < -0.39 is 0 Å². The monoisotopic (exact) mass is 298 g/mol. The smallest absolute Gasteiger partial charge is 0.0978 e. The van der Waals surface area contributed by atoms with Gasteiger partial charge >= 0.3 is 0 Å². The van der Waals surface area contributed by atoms with Gasteiger partial charge in [-0.05, 0) is 30.4 Å². The third-order valence-electron chi connectivity index (χ3n) is 4.69. The molecule has 1 saturated carbocycles. The molecule has 1 fully saturated rings. The molecule has 1 aromatic rings. The number of ether oxygens (including phenoxy) is 2. The van der Waals surface area contributed by atoms with E-state index in [-0.39, 0.29) is 12.2 Å². The highest BCUT2D eigenvalue weighted by atomic mass is 16.5. The lowest BCUT2D eigenvalue weighted by Gasteiger charge is -2.30. The topological polar surface area (TPSA) is 18.5 Å². The molecule has 1 aliphatic heterocycles. The molecule has 0 aromatic heterocycles. The van der Waals surface area contributed by atoms with Gasteiger partial charge < -0.3 is 9.47 Å². The van der Waals surface area contributed by atoms with Crippen molar-refractivity contribution < 1.29 is 9.47 Å². The van der Waals surface area contributed by atoms with E-state index >= 15 is 0 Å². The second-order valence-electron chi connectivity index (χ2n) is 6.39. The first-order valence-electron chi connectivity index (χ1n) is 8.51. The Hall–Kier alpha value is -1.54. The van der Waals surface area contributed by atoms with Crippen molar-refractivity contribution in [2.45, 2.75) is 50.7 Å². The van der Waals surface area contributed by atoms with Crippen LogP contribution in [0.25, 0.3) is 0 Å². The maximum atomic E-state index is 6.14. The first-order chi connectivity index (χ1) is 10.8. The minimum atomic E-state index is -0.0553. The van der Waals surface area contributed by atoms with Gasteiger partial charge in [-0.3, -0.25) is 0 Å². The van der Waals surface area contributed by atoms with E-state index in [1.165, 1.54) is 37.7 Å². The maximum Gasteiger partial charge on any atom is 0.0978 e. The Morgan fingerprint density at radius 3 is 2.64 bits per heavy atom. The van der Waals surface area contributed by atoms with Gasteiger partial charge in [0.05, 0.1) is 24.6 Å². The summed E-state index contributed by atoms with van der Waals surface area (Å²) in [5.41, 5.74) is 1.21. The van der Waals surface area contributed by atoms with Gasteiger partial charge in [0.2, 0.25) is 0 Å². The molecule has 1 aromatic carbocycles. The molecule has 118 valence electrons. The van der Waals surface area contributed by atoms with E-state index in [0.29, 0.717) is 0 Å². The summed E-state index contributed by atoms with van der Waals surface area (Å²) in [6.07, 6.45) is 11.5. The van der Waals surface area contributed by atoms with Gasteiger partial charge in [0.15, 0.2) is 0 Å². The zero-order chi connectivity index (χ0) is 15.2. The van der Waals surface area contributed by atoms with Crippen molar-refractivity contribution in [2.24, 2.45) is 5.92 Å². The third-order valence-corrected chi connectivity index (χ3v) is 4.69. The molecule has 2 atom stereocenters. The summed E-state index contributed by atoms with van der Waals surface area (Å²) in [6.45, 7) is 4.73. The molecule has 3 rings (SSSR count). The van der Waals surface area contributed by atoms with E-state index in [0.717, 1.165) is 24.7 Å². The minimum Gasteiger partial charge on any atom is -0.498 e. The molecule has 0 amide bonds. The summed E-state index contributed by atoms with van der Waals surface area (Å²) in [6, 6.07) is 10.4. The molecule has 0 unspecified atom stereocenters. The van der Waals surface area contributed by atoms with Crippen molar-refractivity contribution in [3.8, 4) is 0 Å². The van der Waals surface area contributed by atoms with Crippen LogP contribution >= 0.6 is 0 Å². The van der Waals surface area contributed by atoms with Crippen LogP contribution in [0.4, 0.5) is 0 Å². The molecule has 0 bridgehead atoms. The second-order valence-corrected chi connectivity index (χ2v) is 6.39. The summed E-state index contributed by atoms with van der Waals surface area (Å²) >= 11 is 0. The highest BCUT2D eigenvalue weighted by molar-refractivity contribution is 5.22. The SMILES string of the molecule is C=C[C@@H]1C=C(OCC2CCCCC2)C[C@@H](c2ccccc2)O1. The van der Waals surface area contributed by atoms with E-state index in [2.05, 4.69) is 36.9 Å². The van der Waals surface area contributed by atoms with Crippen LogP contribution in [0, 0.1) is 5.92 Å². The molecule has 0 N–H and O–H groups in total. The fourth-order valence-electron chi connectivity index (χ4n) is 3.38. The maximum absolute atomic E-state index is 6.14. The van der Waals surface area contributed by atoms with Crippen LogP contribution in [-0.4, -0.2) is 12.7 Å². The van der Waals surface area contributed by atoms with Gasteiger partial charge in [0.1, 0.15) is 0 Å². The highest BCUT2D eigenvalue weighted by Crippen LogP contribution is 2.33. The Morgan fingerprint density at radius 1 is 1.14 bits per heavy atom. The Balaban J connectivity index is 1.62. The predicted octanol–water partition coefficient (Wildman–Crippen LogP) is 5.18. The van der Waals surface area contributed by atoms with Crippen molar-refractivity contribution in [3.05, 3.63) is 60.4 Å². The minimum absolute atomic E-state index is 0.0553. The third kappa shape index (κ3) is 4.01. The summed E-state index contributed by atoms with van der Waals surface area (Å²) < 4.78 is 12.2. The highest BCUT2D eigenvalue weighted by Gasteiger charge is 2.24. The molecule has 0 spiro atoms. The predicted molar refractivity (Wildman–Crippen MR) is 89.5 cm³/mol. The normalized spacial score (nSPS) is 26.3. The van der Waals surface area contributed by atoms with Crippen molar-refractivity contribution in [1.82, 2.24) is 0 Å². The Kier molecular flexibility index (Phi) is 5.33. The molecule has 2 heteroatoms. The summed E-state index contributed by atoms with van der Waals surface area (Å²) in [5, 5.41) is 0. The van der Waals surface area contributed by atoms with Crippen molar-refractivity contribution in [1.29, 1.82) is 0 Å². The quantitative estimate of drug-likeness (QED) is 0.697. The Morgan fingerprint density at radius 2 is 1.91 bits per heavy atom. The van der Waals surface area contributed by atoms with Crippen LogP contribution in [0.3, 0.4) is 0 Å². The van der Waals surface area contributed by atoms with E-state index in [1.807, 2.05) is 12.1 Å². The summed E-state index contributed by atoms with van der Waals surface area (Å²) in [7, 11) is 0. The van der Waals surface area contributed by atoms with Crippen LogP contribution < -0.4 is 0 Å². The van der Waals surface area contributed by atoms with Gasteiger partial charge in [0, 0.05) is 6.42 Å². The molecular formula is C20H26O2. The lowest BCUT2D eigenvalue weighted by Crippen LogP contribution is -2.21. The first-order valence-corrected chi connectivity index (χ1v) is 8.51. The van der Waals surface area contributed by atoms with Gasteiger partial charge in [-0.25, -0.2) is 0 Å². The average molecular weight is 298 g/mol. The van der Waals surface area contributed by atoms with Crippen molar-refractivity contribution in [2.75, 3.05) is 6.61 Å². The largest absolute Gasteiger partial charge is 0.498 e. The van der Waals surface area contributed by atoms with E-state index in [9.17, 15) is 0 Å². The van der Waals surface area contributed by atoms with Gasteiger partial charge in [-0.1, -0.05) is 55.7 Å². The molecule has 2 nitrogen and oxygen atoms in total. The molecule has 22 heavy (non-hydrogen) atoms. The molecule has 1 heterocycles. The fourth-order valence-corrected chi connectivity index (χ4v) is 3.38. The number of hydrogen-bond donors (Lipinski definition) is 0.